The molecule has 0 saturated heterocycles. The first kappa shape index (κ1) is 14.0. The van der Waals surface area contributed by atoms with Gasteiger partial charge in [-0.3, -0.25) is 9.69 Å². The van der Waals surface area contributed by atoms with Crippen LogP contribution in [0, 0.1) is 12.3 Å². The Kier molecular flexibility index (Phi) is 6.31. The van der Waals surface area contributed by atoms with Crippen LogP contribution in [0.3, 0.4) is 0 Å². The standard InChI is InChI=1S/C15H18N2O/c1-3-10-16-15(18)13-17(11-4-2)12-14-8-6-5-7-9-14/h1,4-9H,2,10-13H2,(H,16,18). The van der Waals surface area contributed by atoms with Crippen LogP contribution in [0.5, 0.6) is 0 Å². The lowest BCUT2D eigenvalue weighted by atomic mass is 10.2. The summed E-state index contributed by atoms with van der Waals surface area (Å²) >= 11 is 0. The van der Waals surface area contributed by atoms with Gasteiger partial charge in [0.1, 0.15) is 0 Å². The molecule has 0 bridgehead atoms. The fourth-order valence-electron chi connectivity index (χ4n) is 1.62. The van der Waals surface area contributed by atoms with E-state index in [1.54, 1.807) is 6.08 Å². The largest absolute Gasteiger partial charge is 0.344 e. The second-order valence-corrected chi connectivity index (χ2v) is 3.92. The van der Waals surface area contributed by atoms with Crippen LogP contribution in [-0.2, 0) is 11.3 Å². The highest BCUT2D eigenvalue weighted by molar-refractivity contribution is 5.78. The highest BCUT2D eigenvalue weighted by atomic mass is 16.2. The molecular formula is C15H18N2O. The van der Waals surface area contributed by atoms with Gasteiger partial charge in [0.15, 0.2) is 0 Å². The minimum atomic E-state index is -0.0641. The summed E-state index contributed by atoms with van der Waals surface area (Å²) in [5, 5.41) is 2.66. The lowest BCUT2D eigenvalue weighted by Gasteiger charge is -2.19. The van der Waals surface area contributed by atoms with E-state index in [4.69, 9.17) is 6.42 Å². The van der Waals surface area contributed by atoms with Gasteiger partial charge in [0.2, 0.25) is 5.91 Å². The van der Waals surface area contributed by atoms with Gasteiger partial charge in [0, 0.05) is 13.1 Å². The number of carbonyl (C=O) groups is 1. The van der Waals surface area contributed by atoms with Crippen molar-refractivity contribution in [3.63, 3.8) is 0 Å². The van der Waals surface area contributed by atoms with Crippen LogP contribution in [0.4, 0.5) is 0 Å². The molecule has 0 aliphatic heterocycles. The average molecular weight is 242 g/mol. The van der Waals surface area contributed by atoms with Crippen LogP contribution in [0.15, 0.2) is 43.0 Å². The predicted octanol–water partition coefficient (Wildman–Crippen LogP) is 1.42. The third-order valence-electron chi connectivity index (χ3n) is 2.39. The zero-order chi connectivity index (χ0) is 13.2. The summed E-state index contributed by atoms with van der Waals surface area (Å²) in [6.45, 7) is 5.68. The summed E-state index contributed by atoms with van der Waals surface area (Å²) in [6, 6.07) is 10.0. The Morgan fingerprint density at radius 2 is 2.17 bits per heavy atom. The minimum absolute atomic E-state index is 0.0641. The van der Waals surface area contributed by atoms with Gasteiger partial charge in [0.25, 0.3) is 0 Å². The number of hydrogen-bond donors (Lipinski definition) is 1. The third kappa shape index (κ3) is 5.33. The maximum absolute atomic E-state index is 11.6. The van der Waals surface area contributed by atoms with Crippen molar-refractivity contribution in [2.24, 2.45) is 0 Å². The van der Waals surface area contributed by atoms with Gasteiger partial charge in [-0.2, -0.15) is 0 Å². The second kappa shape index (κ2) is 8.10. The van der Waals surface area contributed by atoms with Crippen molar-refractivity contribution < 1.29 is 4.79 Å². The van der Waals surface area contributed by atoms with Crippen LogP contribution in [0.25, 0.3) is 0 Å². The van der Waals surface area contributed by atoms with Gasteiger partial charge in [-0.1, -0.05) is 42.3 Å². The second-order valence-electron chi connectivity index (χ2n) is 3.92. The fourth-order valence-corrected chi connectivity index (χ4v) is 1.62. The number of carbonyl (C=O) groups excluding carboxylic acids is 1. The molecule has 0 unspecified atom stereocenters. The summed E-state index contributed by atoms with van der Waals surface area (Å²) in [6.07, 6.45) is 6.88. The molecular weight excluding hydrogens is 224 g/mol. The highest BCUT2D eigenvalue weighted by Crippen LogP contribution is 2.03. The molecule has 3 heteroatoms. The van der Waals surface area contributed by atoms with Gasteiger partial charge in [0.05, 0.1) is 13.1 Å². The topological polar surface area (TPSA) is 32.3 Å². The van der Waals surface area contributed by atoms with Gasteiger partial charge < -0.3 is 5.32 Å². The van der Waals surface area contributed by atoms with Crippen LogP contribution in [-0.4, -0.2) is 30.4 Å². The molecule has 18 heavy (non-hydrogen) atoms. The molecule has 1 rings (SSSR count). The predicted molar refractivity (Wildman–Crippen MR) is 73.8 cm³/mol. The van der Waals surface area contributed by atoms with Gasteiger partial charge in [-0.25, -0.2) is 0 Å². The molecule has 3 nitrogen and oxygen atoms in total. The van der Waals surface area contributed by atoms with Crippen LogP contribution in [0.2, 0.25) is 0 Å². The number of amides is 1. The summed E-state index contributed by atoms with van der Waals surface area (Å²) < 4.78 is 0. The van der Waals surface area contributed by atoms with Gasteiger partial charge in [-0.15, -0.1) is 13.0 Å². The Balaban J connectivity index is 2.52. The van der Waals surface area contributed by atoms with Crippen molar-refractivity contribution in [3.05, 3.63) is 48.6 Å². The molecule has 1 N–H and O–H groups in total. The molecule has 0 aliphatic carbocycles. The van der Waals surface area contributed by atoms with E-state index in [0.717, 1.165) is 6.54 Å². The number of terminal acetylenes is 1. The molecule has 0 atom stereocenters. The van der Waals surface area contributed by atoms with E-state index in [2.05, 4.69) is 17.8 Å². The Labute approximate surface area is 108 Å². The first-order valence-electron chi connectivity index (χ1n) is 5.83. The molecule has 1 aromatic carbocycles. The third-order valence-corrected chi connectivity index (χ3v) is 2.39. The van der Waals surface area contributed by atoms with Crippen molar-refractivity contribution in [3.8, 4) is 12.3 Å². The normalized spacial score (nSPS) is 9.78. The molecule has 0 fully saturated rings. The first-order chi connectivity index (χ1) is 8.76. The molecule has 94 valence electrons. The summed E-state index contributed by atoms with van der Waals surface area (Å²) in [5.74, 6) is 2.32. The van der Waals surface area contributed by atoms with Crippen LogP contribution < -0.4 is 5.32 Å². The van der Waals surface area contributed by atoms with Crippen molar-refractivity contribution in [1.82, 2.24) is 10.2 Å². The van der Waals surface area contributed by atoms with Crippen LogP contribution >= 0.6 is 0 Å². The van der Waals surface area contributed by atoms with Crippen molar-refractivity contribution in [1.29, 1.82) is 0 Å². The van der Waals surface area contributed by atoms with Crippen molar-refractivity contribution >= 4 is 5.91 Å². The van der Waals surface area contributed by atoms with E-state index in [9.17, 15) is 4.79 Å². The summed E-state index contributed by atoms with van der Waals surface area (Å²) in [7, 11) is 0. The Hall–Kier alpha value is -2.05. The maximum atomic E-state index is 11.6. The summed E-state index contributed by atoms with van der Waals surface area (Å²) in [5.41, 5.74) is 1.17. The average Bonchev–Trinajstić information content (AvgIpc) is 2.38. The Morgan fingerprint density at radius 1 is 1.44 bits per heavy atom. The molecule has 1 aromatic rings. The number of rotatable bonds is 7. The molecule has 0 aromatic heterocycles. The zero-order valence-electron chi connectivity index (χ0n) is 10.4. The number of benzene rings is 1. The lowest BCUT2D eigenvalue weighted by molar-refractivity contribution is -0.122. The van der Waals surface area contributed by atoms with E-state index in [0.29, 0.717) is 13.1 Å². The van der Waals surface area contributed by atoms with E-state index in [1.807, 2.05) is 35.2 Å². The zero-order valence-corrected chi connectivity index (χ0v) is 10.4. The SMILES string of the molecule is C#CCNC(=O)CN(CC=C)Cc1ccccc1. The van der Waals surface area contributed by atoms with E-state index >= 15 is 0 Å². The lowest BCUT2D eigenvalue weighted by Crippen LogP contribution is -2.37. The summed E-state index contributed by atoms with van der Waals surface area (Å²) in [4.78, 5) is 13.6. The molecule has 0 aliphatic rings. The molecule has 1 amide bonds. The van der Waals surface area contributed by atoms with E-state index in [1.165, 1.54) is 5.56 Å². The maximum Gasteiger partial charge on any atom is 0.234 e. The number of nitrogens with one attached hydrogen (secondary N) is 1. The monoisotopic (exact) mass is 242 g/mol. The Bertz CT molecular complexity index is 420. The first-order valence-corrected chi connectivity index (χ1v) is 5.83. The quantitative estimate of drug-likeness (QED) is 0.579. The molecule has 0 radical (unpaired) electrons. The fraction of sp³-hybridized carbons (Fsp3) is 0.267. The van der Waals surface area contributed by atoms with Gasteiger partial charge in [-0.05, 0) is 5.56 Å². The number of nitrogens with zero attached hydrogens (tertiary/aromatic N) is 1. The minimum Gasteiger partial charge on any atom is -0.344 e. The number of hydrogen-bond acceptors (Lipinski definition) is 2. The molecule has 0 spiro atoms. The Morgan fingerprint density at radius 3 is 2.78 bits per heavy atom. The van der Waals surface area contributed by atoms with Crippen LogP contribution in [0.1, 0.15) is 5.56 Å². The molecule has 0 saturated carbocycles. The van der Waals surface area contributed by atoms with Gasteiger partial charge >= 0.3 is 0 Å². The van der Waals surface area contributed by atoms with E-state index in [-0.39, 0.29) is 12.5 Å². The molecule has 0 heterocycles. The van der Waals surface area contributed by atoms with Crippen molar-refractivity contribution in [2.75, 3.05) is 19.6 Å². The smallest absolute Gasteiger partial charge is 0.234 e. The van der Waals surface area contributed by atoms with E-state index < -0.39 is 0 Å². The van der Waals surface area contributed by atoms with Crippen molar-refractivity contribution in [2.45, 2.75) is 6.54 Å². The highest BCUT2D eigenvalue weighted by Gasteiger charge is 2.09.